The van der Waals surface area contributed by atoms with Gasteiger partial charge in [0.2, 0.25) is 15.9 Å². The second-order valence-electron chi connectivity index (χ2n) is 10.8. The van der Waals surface area contributed by atoms with Gasteiger partial charge in [0.25, 0.3) is 0 Å². The molecule has 2 fully saturated rings. The summed E-state index contributed by atoms with van der Waals surface area (Å²) in [6.45, 7) is -0.0394. The van der Waals surface area contributed by atoms with E-state index in [4.69, 9.17) is 0 Å². The molecule has 13 heteroatoms. The van der Waals surface area contributed by atoms with Crippen LogP contribution >= 0.6 is 0 Å². The topological polar surface area (TPSA) is 82.3 Å². The highest BCUT2D eigenvalue weighted by atomic mass is 32.2. The van der Waals surface area contributed by atoms with Gasteiger partial charge in [-0.2, -0.15) is 26.3 Å². The molecule has 1 aromatic heterocycles. The standard InChI is InChI=1S/C28H29F6N3O3S/c29-27(30,31)19-4-3-13-37(16-19)26(38)17-7-10-20(11-8-17)36-41(39,40)21-12-9-18-14-25(35-24(18)15-21)22-5-1-2-6-23(22)28(32,33)34/h1-2,5-6,9,12,14-15,17,19-20,35-36H,3-4,7-8,10-11,13,16H2. The number of carbonyl (C=O) groups is 1. The molecule has 2 aromatic carbocycles. The van der Waals surface area contributed by atoms with E-state index in [1.807, 2.05) is 0 Å². The summed E-state index contributed by atoms with van der Waals surface area (Å²) < 4.78 is 109. The fraction of sp³-hybridized carbons (Fsp3) is 0.464. The normalized spacial score (nSPS) is 22.7. The highest BCUT2D eigenvalue weighted by Crippen LogP contribution is 2.38. The van der Waals surface area contributed by atoms with Crippen molar-refractivity contribution in [3.05, 3.63) is 54.1 Å². The van der Waals surface area contributed by atoms with Gasteiger partial charge in [-0.05, 0) is 62.8 Å². The Balaban J connectivity index is 1.24. The summed E-state index contributed by atoms with van der Waals surface area (Å²) >= 11 is 0. The number of benzene rings is 2. The molecular formula is C28H29F6N3O3S. The van der Waals surface area contributed by atoms with Crippen LogP contribution in [0.2, 0.25) is 0 Å². The van der Waals surface area contributed by atoms with E-state index in [2.05, 4.69) is 9.71 Å². The number of piperidine rings is 1. The summed E-state index contributed by atoms with van der Waals surface area (Å²) in [6, 6.07) is 10.4. The third-order valence-corrected chi connectivity index (χ3v) is 9.54. The Bertz CT molecular complexity index is 1520. The van der Waals surface area contributed by atoms with Gasteiger partial charge in [-0.25, -0.2) is 13.1 Å². The molecule has 0 bridgehead atoms. The maximum absolute atomic E-state index is 13.5. The van der Waals surface area contributed by atoms with Crippen LogP contribution in [0.1, 0.15) is 44.1 Å². The van der Waals surface area contributed by atoms with Crippen molar-refractivity contribution in [2.45, 2.75) is 61.8 Å². The van der Waals surface area contributed by atoms with Gasteiger partial charge in [-0.1, -0.05) is 24.3 Å². The average molecular weight is 602 g/mol. The Labute approximate surface area is 233 Å². The number of halogens is 6. The SMILES string of the molecule is O=C(C1CCC(NS(=O)(=O)c2ccc3cc(-c4ccccc4C(F)(F)F)[nH]c3c2)CC1)N1CCCC(C(F)(F)F)C1. The highest BCUT2D eigenvalue weighted by Gasteiger charge is 2.43. The quantitative estimate of drug-likeness (QED) is 0.328. The molecule has 41 heavy (non-hydrogen) atoms. The number of likely N-dealkylation sites (tertiary alicyclic amines) is 1. The number of aromatic nitrogens is 1. The molecule has 2 aliphatic rings. The van der Waals surface area contributed by atoms with Crippen LogP contribution in [0.15, 0.2) is 53.4 Å². The minimum absolute atomic E-state index is 0.0121. The molecule has 1 unspecified atom stereocenters. The zero-order valence-electron chi connectivity index (χ0n) is 21.9. The average Bonchev–Trinajstić information content (AvgIpc) is 3.36. The largest absolute Gasteiger partial charge is 0.417 e. The summed E-state index contributed by atoms with van der Waals surface area (Å²) in [6.07, 6.45) is -7.16. The Kier molecular flexibility index (Phi) is 7.88. The van der Waals surface area contributed by atoms with Gasteiger partial charge in [0.05, 0.1) is 16.4 Å². The first-order valence-electron chi connectivity index (χ1n) is 13.4. The van der Waals surface area contributed by atoms with Crippen LogP contribution in [0.5, 0.6) is 0 Å². The number of sulfonamides is 1. The lowest BCUT2D eigenvalue weighted by Gasteiger charge is -2.37. The smallest absolute Gasteiger partial charge is 0.354 e. The third kappa shape index (κ3) is 6.40. The van der Waals surface area contributed by atoms with Crippen molar-refractivity contribution < 1.29 is 39.6 Å². The van der Waals surface area contributed by atoms with Crippen LogP contribution in [0.25, 0.3) is 22.2 Å². The van der Waals surface area contributed by atoms with E-state index in [9.17, 15) is 39.6 Å². The van der Waals surface area contributed by atoms with Crippen LogP contribution < -0.4 is 4.72 Å². The number of nitrogens with one attached hydrogen (secondary N) is 2. The van der Waals surface area contributed by atoms with Crippen molar-refractivity contribution in [2.24, 2.45) is 11.8 Å². The second-order valence-corrected chi connectivity index (χ2v) is 12.5. The molecule has 1 saturated carbocycles. The summed E-state index contributed by atoms with van der Waals surface area (Å²) in [4.78, 5) is 17.0. The highest BCUT2D eigenvalue weighted by molar-refractivity contribution is 7.89. The number of carbonyl (C=O) groups excluding carboxylic acids is 1. The lowest BCUT2D eigenvalue weighted by Crippen LogP contribution is -2.48. The monoisotopic (exact) mass is 601 g/mol. The number of fused-ring (bicyclic) bond motifs is 1. The summed E-state index contributed by atoms with van der Waals surface area (Å²) in [5.74, 6) is -2.27. The predicted octanol–water partition coefficient (Wildman–Crippen LogP) is 6.49. The fourth-order valence-electron chi connectivity index (χ4n) is 5.83. The maximum Gasteiger partial charge on any atom is 0.417 e. The minimum Gasteiger partial charge on any atom is -0.354 e. The van der Waals surface area contributed by atoms with Gasteiger partial charge in [0, 0.05) is 47.2 Å². The van der Waals surface area contributed by atoms with Gasteiger partial charge in [-0.15, -0.1) is 0 Å². The van der Waals surface area contributed by atoms with Crippen molar-refractivity contribution in [1.82, 2.24) is 14.6 Å². The molecule has 2 N–H and O–H groups in total. The van der Waals surface area contributed by atoms with Crippen LogP contribution in [0, 0.1) is 11.8 Å². The molecule has 5 rings (SSSR count). The molecule has 0 radical (unpaired) electrons. The predicted molar refractivity (Wildman–Crippen MR) is 140 cm³/mol. The van der Waals surface area contributed by atoms with E-state index in [0.29, 0.717) is 49.6 Å². The van der Waals surface area contributed by atoms with Crippen LogP contribution in [0.3, 0.4) is 0 Å². The molecule has 6 nitrogen and oxygen atoms in total. The minimum atomic E-state index is -4.56. The van der Waals surface area contributed by atoms with E-state index in [-0.39, 0.29) is 35.0 Å². The number of alkyl halides is 6. The van der Waals surface area contributed by atoms with Gasteiger partial charge < -0.3 is 9.88 Å². The van der Waals surface area contributed by atoms with Gasteiger partial charge >= 0.3 is 12.4 Å². The number of hydrogen-bond donors (Lipinski definition) is 2. The molecule has 1 aliphatic carbocycles. The first-order valence-corrected chi connectivity index (χ1v) is 14.9. The van der Waals surface area contributed by atoms with Crippen molar-refractivity contribution in [1.29, 1.82) is 0 Å². The Hall–Kier alpha value is -3.06. The zero-order chi connectivity index (χ0) is 29.6. The van der Waals surface area contributed by atoms with Gasteiger partial charge in [0.1, 0.15) is 0 Å². The second kappa shape index (κ2) is 11.0. The zero-order valence-corrected chi connectivity index (χ0v) is 22.7. The maximum atomic E-state index is 13.5. The third-order valence-electron chi connectivity index (χ3n) is 8.02. The number of aromatic amines is 1. The summed E-state index contributed by atoms with van der Waals surface area (Å²) in [5, 5.41) is 0.542. The van der Waals surface area contributed by atoms with Crippen molar-refractivity contribution in [2.75, 3.05) is 13.1 Å². The number of H-pyrrole nitrogens is 1. The Morgan fingerprint density at radius 3 is 2.32 bits per heavy atom. The van der Waals surface area contributed by atoms with Crippen LogP contribution in [-0.4, -0.2) is 49.5 Å². The summed E-state index contributed by atoms with van der Waals surface area (Å²) in [5.41, 5.74) is -0.305. The number of amides is 1. The lowest BCUT2D eigenvalue weighted by atomic mass is 9.85. The van der Waals surface area contributed by atoms with Crippen LogP contribution in [0.4, 0.5) is 26.3 Å². The summed E-state index contributed by atoms with van der Waals surface area (Å²) in [7, 11) is -3.99. The van der Waals surface area contributed by atoms with Crippen molar-refractivity contribution in [3.63, 3.8) is 0 Å². The molecule has 3 aromatic rings. The molecule has 222 valence electrons. The Morgan fingerprint density at radius 1 is 0.927 bits per heavy atom. The first-order chi connectivity index (χ1) is 19.2. The van der Waals surface area contributed by atoms with E-state index in [1.165, 1.54) is 47.4 Å². The molecular weight excluding hydrogens is 572 g/mol. The molecule has 1 aliphatic heterocycles. The fourth-order valence-corrected chi connectivity index (χ4v) is 7.16. The van der Waals surface area contributed by atoms with Gasteiger partial charge in [0.15, 0.2) is 0 Å². The number of nitrogens with zero attached hydrogens (tertiary/aromatic N) is 1. The first kappa shape index (κ1) is 29.4. The van der Waals surface area contributed by atoms with E-state index in [1.54, 1.807) is 0 Å². The molecule has 2 heterocycles. The van der Waals surface area contributed by atoms with E-state index < -0.39 is 45.8 Å². The Morgan fingerprint density at radius 2 is 1.63 bits per heavy atom. The molecule has 1 atom stereocenters. The number of rotatable bonds is 5. The number of hydrogen-bond acceptors (Lipinski definition) is 3. The van der Waals surface area contributed by atoms with E-state index in [0.717, 1.165) is 6.07 Å². The van der Waals surface area contributed by atoms with Crippen molar-refractivity contribution >= 4 is 26.8 Å². The molecule has 1 saturated heterocycles. The van der Waals surface area contributed by atoms with Gasteiger partial charge in [-0.3, -0.25) is 4.79 Å². The molecule has 1 amide bonds. The van der Waals surface area contributed by atoms with Crippen LogP contribution in [-0.2, 0) is 21.0 Å². The lowest BCUT2D eigenvalue weighted by molar-refractivity contribution is -0.188. The van der Waals surface area contributed by atoms with Crippen molar-refractivity contribution in [3.8, 4) is 11.3 Å². The molecule has 0 spiro atoms. The van der Waals surface area contributed by atoms with E-state index >= 15 is 0 Å².